The van der Waals surface area contributed by atoms with Crippen molar-refractivity contribution in [3.63, 3.8) is 0 Å². The van der Waals surface area contributed by atoms with E-state index in [1.807, 2.05) is 0 Å². The lowest BCUT2D eigenvalue weighted by Gasteiger charge is -2.27. The fraction of sp³-hybridized carbons (Fsp3) is 0.571. The number of ether oxygens (including phenoxy) is 1. The van der Waals surface area contributed by atoms with Crippen LogP contribution in [0.2, 0.25) is 0 Å². The molecule has 9 heteroatoms. The number of rotatable bonds is 2. The molecular weight excluding hydrogens is 331 g/mol. The lowest BCUT2D eigenvalue weighted by atomic mass is 10.2. The van der Waals surface area contributed by atoms with Gasteiger partial charge in [0.1, 0.15) is 5.69 Å². The van der Waals surface area contributed by atoms with Crippen molar-refractivity contribution >= 4 is 17.7 Å². The molecule has 3 rings (SSSR count). The van der Waals surface area contributed by atoms with Gasteiger partial charge in [0, 0.05) is 20.1 Å². The van der Waals surface area contributed by atoms with Gasteiger partial charge in [-0.3, -0.25) is 9.48 Å². The van der Waals surface area contributed by atoms with E-state index in [0.717, 1.165) is 10.7 Å². The van der Waals surface area contributed by atoms with Gasteiger partial charge >= 0.3 is 6.18 Å². The van der Waals surface area contributed by atoms with Gasteiger partial charge in [-0.25, -0.2) is 0 Å². The van der Waals surface area contributed by atoms with E-state index in [-0.39, 0.29) is 11.2 Å². The first-order valence-corrected chi connectivity index (χ1v) is 8.09. The van der Waals surface area contributed by atoms with Gasteiger partial charge in [-0.05, 0) is 12.5 Å². The van der Waals surface area contributed by atoms with E-state index in [1.54, 1.807) is 11.0 Å². The smallest absolute Gasteiger partial charge is 0.378 e. The van der Waals surface area contributed by atoms with Crippen LogP contribution in [0.5, 0.6) is 0 Å². The molecule has 2 aliphatic heterocycles. The molecule has 0 saturated carbocycles. The average molecular weight is 347 g/mol. The van der Waals surface area contributed by atoms with E-state index in [4.69, 9.17) is 4.74 Å². The zero-order valence-electron chi connectivity index (χ0n) is 12.5. The van der Waals surface area contributed by atoms with E-state index in [9.17, 15) is 18.0 Å². The third kappa shape index (κ3) is 3.40. The lowest BCUT2D eigenvalue weighted by Crippen LogP contribution is -2.40. The molecular formula is C14H16F3N3O2S. The Labute approximate surface area is 135 Å². The van der Waals surface area contributed by atoms with Crippen molar-refractivity contribution in [2.75, 3.05) is 26.3 Å². The lowest BCUT2D eigenvalue weighted by molar-refractivity contribution is -0.143. The van der Waals surface area contributed by atoms with Gasteiger partial charge in [0.15, 0.2) is 0 Å². The Bertz CT molecular complexity index is 636. The van der Waals surface area contributed by atoms with Crippen molar-refractivity contribution in [2.45, 2.75) is 17.8 Å². The highest BCUT2D eigenvalue weighted by Gasteiger charge is 2.37. The second kappa shape index (κ2) is 6.20. The van der Waals surface area contributed by atoms with Crippen molar-refractivity contribution in [2.24, 2.45) is 7.05 Å². The number of halogens is 3. The highest BCUT2D eigenvalue weighted by molar-refractivity contribution is 8.04. The Kier molecular flexibility index (Phi) is 4.41. The molecule has 0 N–H and O–H groups in total. The first kappa shape index (κ1) is 16.4. The fourth-order valence-electron chi connectivity index (χ4n) is 2.62. The molecule has 1 unspecified atom stereocenters. The number of thioether (sulfide) groups is 1. The number of carbonyl (C=O) groups is 1. The molecule has 1 aromatic rings. The van der Waals surface area contributed by atoms with Crippen LogP contribution in [0.4, 0.5) is 13.2 Å². The molecule has 3 heterocycles. The van der Waals surface area contributed by atoms with Crippen LogP contribution in [0.15, 0.2) is 17.0 Å². The number of aryl methyl sites for hydroxylation is 1. The Morgan fingerprint density at radius 2 is 2.09 bits per heavy atom. The van der Waals surface area contributed by atoms with Crippen LogP contribution in [0, 0.1) is 0 Å². The highest BCUT2D eigenvalue weighted by Crippen LogP contribution is 2.44. The second-order valence-electron chi connectivity index (χ2n) is 5.39. The molecule has 0 aromatic carbocycles. The summed E-state index contributed by atoms with van der Waals surface area (Å²) in [6.45, 7) is 2.12. The summed E-state index contributed by atoms with van der Waals surface area (Å²) in [6, 6.07) is 1.06. The summed E-state index contributed by atoms with van der Waals surface area (Å²) in [5.74, 6) is -0.0761. The van der Waals surface area contributed by atoms with Gasteiger partial charge in [0.2, 0.25) is 0 Å². The maximum atomic E-state index is 12.8. The van der Waals surface area contributed by atoms with Crippen LogP contribution in [-0.2, 0) is 22.8 Å². The van der Waals surface area contributed by atoms with Crippen molar-refractivity contribution in [1.29, 1.82) is 0 Å². The first-order valence-electron chi connectivity index (χ1n) is 7.21. The molecule has 0 aliphatic carbocycles. The quantitative estimate of drug-likeness (QED) is 0.824. The number of carbonyl (C=O) groups excluding carboxylic acids is 1. The number of hydrogen-bond acceptors (Lipinski definition) is 4. The molecule has 1 aromatic heterocycles. The van der Waals surface area contributed by atoms with E-state index >= 15 is 0 Å². The van der Waals surface area contributed by atoms with Crippen LogP contribution in [0.1, 0.15) is 23.1 Å². The Balaban J connectivity index is 1.68. The maximum Gasteiger partial charge on any atom is 0.433 e. The summed E-state index contributed by atoms with van der Waals surface area (Å²) >= 11 is 1.28. The summed E-state index contributed by atoms with van der Waals surface area (Å²) in [5.41, 5.74) is -0.424. The minimum Gasteiger partial charge on any atom is -0.378 e. The standard InChI is InChI=1S/C14H16F3N3O2S/c1-19-12(14(15,16)17)8-9(18-19)10-2-3-11(23-10)13(21)20-4-6-22-7-5-20/h3,8,10H,2,4-7H2,1H3. The Morgan fingerprint density at radius 1 is 1.39 bits per heavy atom. The number of morpholine rings is 1. The van der Waals surface area contributed by atoms with Gasteiger partial charge < -0.3 is 9.64 Å². The molecule has 1 amide bonds. The van der Waals surface area contributed by atoms with Crippen molar-refractivity contribution in [3.8, 4) is 0 Å². The molecule has 23 heavy (non-hydrogen) atoms. The summed E-state index contributed by atoms with van der Waals surface area (Å²) in [7, 11) is 1.28. The number of alkyl halides is 3. The van der Waals surface area contributed by atoms with Gasteiger partial charge in [-0.2, -0.15) is 18.3 Å². The minimum absolute atomic E-state index is 0.0761. The number of aromatic nitrogens is 2. The van der Waals surface area contributed by atoms with Gasteiger partial charge in [0.25, 0.3) is 5.91 Å². The van der Waals surface area contributed by atoms with E-state index in [0.29, 0.717) is 43.3 Å². The zero-order valence-corrected chi connectivity index (χ0v) is 13.3. The molecule has 0 radical (unpaired) electrons. The van der Waals surface area contributed by atoms with Crippen LogP contribution < -0.4 is 0 Å². The third-order valence-electron chi connectivity index (χ3n) is 3.81. The summed E-state index contributed by atoms with van der Waals surface area (Å²) in [6.07, 6.45) is -2.14. The summed E-state index contributed by atoms with van der Waals surface area (Å²) < 4.78 is 44.6. The van der Waals surface area contributed by atoms with Gasteiger partial charge in [-0.15, -0.1) is 11.8 Å². The van der Waals surface area contributed by atoms with Gasteiger partial charge in [-0.1, -0.05) is 6.08 Å². The molecule has 1 saturated heterocycles. The Hall–Kier alpha value is -1.48. The SMILES string of the molecule is Cn1nc(C2CC=C(C(=O)N3CCOCC3)S2)cc1C(F)(F)F. The molecule has 1 fully saturated rings. The van der Waals surface area contributed by atoms with Crippen LogP contribution in [0.3, 0.4) is 0 Å². The molecule has 2 aliphatic rings. The molecule has 1 atom stereocenters. The monoisotopic (exact) mass is 347 g/mol. The summed E-state index contributed by atoms with van der Waals surface area (Å²) in [4.78, 5) is 14.7. The van der Waals surface area contributed by atoms with Crippen molar-refractivity contribution in [3.05, 3.63) is 28.4 Å². The number of hydrogen-bond donors (Lipinski definition) is 0. The van der Waals surface area contributed by atoms with E-state index < -0.39 is 11.9 Å². The fourth-order valence-corrected chi connectivity index (χ4v) is 3.77. The third-order valence-corrected chi connectivity index (χ3v) is 5.13. The minimum atomic E-state index is -4.43. The van der Waals surface area contributed by atoms with Crippen LogP contribution >= 0.6 is 11.8 Å². The largest absolute Gasteiger partial charge is 0.433 e. The van der Waals surface area contributed by atoms with Crippen LogP contribution in [0.25, 0.3) is 0 Å². The zero-order chi connectivity index (χ0) is 16.6. The number of nitrogens with zero attached hydrogens (tertiary/aromatic N) is 3. The highest BCUT2D eigenvalue weighted by atomic mass is 32.2. The van der Waals surface area contributed by atoms with E-state index in [2.05, 4.69) is 5.10 Å². The number of allylic oxidation sites excluding steroid dienone is 1. The Morgan fingerprint density at radius 3 is 2.70 bits per heavy atom. The molecule has 126 valence electrons. The van der Waals surface area contributed by atoms with Crippen LogP contribution in [-0.4, -0.2) is 46.9 Å². The summed E-state index contributed by atoms with van der Waals surface area (Å²) in [5, 5.41) is 3.71. The molecule has 0 spiro atoms. The van der Waals surface area contributed by atoms with Gasteiger partial charge in [0.05, 0.1) is 29.1 Å². The van der Waals surface area contributed by atoms with E-state index in [1.165, 1.54) is 18.8 Å². The predicted octanol–water partition coefficient (Wildman–Crippen LogP) is 2.36. The van der Waals surface area contributed by atoms with Crippen molar-refractivity contribution in [1.82, 2.24) is 14.7 Å². The maximum absolute atomic E-state index is 12.8. The van der Waals surface area contributed by atoms with Crippen molar-refractivity contribution < 1.29 is 22.7 Å². The predicted molar refractivity (Wildman–Crippen MR) is 78.6 cm³/mol. The molecule has 0 bridgehead atoms. The topological polar surface area (TPSA) is 47.4 Å². The first-order chi connectivity index (χ1) is 10.9. The second-order valence-corrected chi connectivity index (χ2v) is 6.64. The normalized spacial score (nSPS) is 22.3. The average Bonchev–Trinajstić information content (AvgIpc) is 3.13. The number of amides is 1. The molecule has 5 nitrogen and oxygen atoms in total.